The third-order valence-corrected chi connectivity index (χ3v) is 4.55. The second-order valence-corrected chi connectivity index (χ2v) is 6.36. The molecule has 1 amide bonds. The number of nitrogens with one attached hydrogen (secondary N) is 1. The lowest BCUT2D eigenvalue weighted by molar-refractivity contribution is 0.0920. The molecule has 4 rings (SSSR count). The van der Waals surface area contributed by atoms with Crippen molar-refractivity contribution in [1.82, 2.24) is 15.3 Å². The number of hydrogen-bond acceptors (Lipinski definition) is 6. The lowest BCUT2D eigenvalue weighted by Gasteiger charge is -2.15. The normalized spacial score (nSPS) is 19.6. The summed E-state index contributed by atoms with van der Waals surface area (Å²) in [6.07, 6.45) is 3.29. The quantitative estimate of drug-likeness (QED) is 0.776. The van der Waals surface area contributed by atoms with Gasteiger partial charge in [0.25, 0.3) is 5.91 Å². The van der Waals surface area contributed by atoms with Crippen LogP contribution in [0.1, 0.15) is 17.4 Å². The Kier molecular flexibility index (Phi) is 4.30. The lowest BCUT2D eigenvalue weighted by atomic mass is 10.1. The number of pyridine rings is 2. The fourth-order valence-electron chi connectivity index (χ4n) is 3.00. The molecule has 26 heavy (non-hydrogen) atoms. The van der Waals surface area contributed by atoms with E-state index in [0.717, 1.165) is 5.52 Å². The van der Waals surface area contributed by atoms with E-state index in [2.05, 4.69) is 15.3 Å². The Bertz CT molecular complexity index is 920. The van der Waals surface area contributed by atoms with Crippen molar-refractivity contribution in [3.05, 3.63) is 42.4 Å². The summed E-state index contributed by atoms with van der Waals surface area (Å²) in [7, 11) is 1.55. The largest absolute Gasteiger partial charge is 0.496 e. The zero-order valence-electron chi connectivity index (χ0n) is 14.6. The second-order valence-electron chi connectivity index (χ2n) is 6.36. The van der Waals surface area contributed by atoms with E-state index in [-0.39, 0.29) is 17.9 Å². The van der Waals surface area contributed by atoms with E-state index in [4.69, 9.17) is 13.9 Å². The van der Waals surface area contributed by atoms with Gasteiger partial charge in [0.1, 0.15) is 22.7 Å². The predicted octanol–water partition coefficient (Wildman–Crippen LogP) is 2.66. The third-order valence-electron chi connectivity index (χ3n) is 4.55. The summed E-state index contributed by atoms with van der Waals surface area (Å²) in [5.41, 5.74) is 2.39. The number of hydrogen-bond donors (Lipinski definition) is 1. The van der Waals surface area contributed by atoms with Gasteiger partial charge in [0, 0.05) is 30.4 Å². The number of fused-ring (bicyclic) bond motifs is 1. The van der Waals surface area contributed by atoms with E-state index in [1.165, 1.54) is 0 Å². The molecule has 3 aromatic rings. The number of carbonyl (C=O) groups excluding carboxylic acids is 1. The first-order valence-corrected chi connectivity index (χ1v) is 8.43. The zero-order chi connectivity index (χ0) is 18.1. The summed E-state index contributed by atoms with van der Waals surface area (Å²) in [5, 5.41) is 2.96. The molecule has 0 saturated carbocycles. The molecule has 1 aliphatic rings. The van der Waals surface area contributed by atoms with Gasteiger partial charge in [-0.25, -0.2) is 0 Å². The first kappa shape index (κ1) is 16.5. The molecule has 3 aromatic heterocycles. The third kappa shape index (κ3) is 3.01. The number of rotatable bonds is 4. The number of ether oxygens (including phenoxy) is 2. The van der Waals surface area contributed by atoms with Crippen molar-refractivity contribution in [2.24, 2.45) is 5.92 Å². The van der Waals surface area contributed by atoms with Gasteiger partial charge in [-0.1, -0.05) is 6.92 Å². The number of furan rings is 1. The van der Waals surface area contributed by atoms with Crippen molar-refractivity contribution in [1.29, 1.82) is 0 Å². The van der Waals surface area contributed by atoms with E-state index in [1.807, 2.05) is 25.1 Å². The number of carbonyl (C=O) groups is 1. The summed E-state index contributed by atoms with van der Waals surface area (Å²) in [6.45, 7) is 3.22. The van der Waals surface area contributed by atoms with Gasteiger partial charge in [0.2, 0.25) is 0 Å². The molecule has 0 spiro atoms. The van der Waals surface area contributed by atoms with Crippen molar-refractivity contribution in [2.45, 2.75) is 13.0 Å². The van der Waals surface area contributed by atoms with Crippen LogP contribution in [0.3, 0.4) is 0 Å². The van der Waals surface area contributed by atoms with Gasteiger partial charge < -0.3 is 19.2 Å². The Labute approximate surface area is 150 Å². The van der Waals surface area contributed by atoms with Gasteiger partial charge in [0.05, 0.1) is 31.9 Å². The van der Waals surface area contributed by atoms with Crippen LogP contribution in [0.5, 0.6) is 5.75 Å². The molecule has 2 unspecified atom stereocenters. The van der Waals surface area contributed by atoms with E-state index in [0.29, 0.717) is 41.6 Å². The Morgan fingerprint density at radius 1 is 1.31 bits per heavy atom. The highest BCUT2D eigenvalue weighted by Gasteiger charge is 2.27. The standard InChI is InChI=1S/C19H19N3O4/c1-11-9-25-10-15(11)22-19(23)14-7-17(24-2)12(8-21-14)18-6-13-16(26-18)4-3-5-20-13/h3-8,11,15H,9-10H2,1-2H3,(H,22,23). The fraction of sp³-hybridized carbons (Fsp3) is 0.316. The molecule has 7 nitrogen and oxygen atoms in total. The molecular weight excluding hydrogens is 334 g/mol. The molecule has 0 aliphatic carbocycles. The zero-order valence-corrected chi connectivity index (χ0v) is 14.6. The summed E-state index contributed by atoms with van der Waals surface area (Å²) in [4.78, 5) is 21.0. The first-order valence-electron chi connectivity index (χ1n) is 8.43. The maximum atomic E-state index is 12.5. The molecule has 1 aliphatic heterocycles. The number of amides is 1. The Balaban J connectivity index is 1.62. The fourth-order valence-corrected chi connectivity index (χ4v) is 3.00. The van der Waals surface area contributed by atoms with Gasteiger partial charge in [-0.05, 0) is 12.1 Å². The van der Waals surface area contributed by atoms with Crippen LogP contribution in [0.15, 0.2) is 41.1 Å². The molecule has 1 saturated heterocycles. The monoisotopic (exact) mass is 353 g/mol. The van der Waals surface area contributed by atoms with Gasteiger partial charge >= 0.3 is 0 Å². The second kappa shape index (κ2) is 6.76. The van der Waals surface area contributed by atoms with E-state index in [1.54, 1.807) is 25.6 Å². The van der Waals surface area contributed by atoms with Gasteiger partial charge in [-0.15, -0.1) is 0 Å². The molecule has 0 aromatic carbocycles. The van der Waals surface area contributed by atoms with Crippen LogP contribution < -0.4 is 10.1 Å². The molecular formula is C19H19N3O4. The number of methoxy groups -OCH3 is 1. The minimum atomic E-state index is -0.247. The van der Waals surface area contributed by atoms with E-state index < -0.39 is 0 Å². The van der Waals surface area contributed by atoms with Crippen molar-refractivity contribution >= 4 is 17.0 Å². The van der Waals surface area contributed by atoms with Crippen molar-refractivity contribution in [3.8, 4) is 17.1 Å². The summed E-state index contributed by atoms with van der Waals surface area (Å²) < 4.78 is 16.7. The SMILES string of the molecule is COc1cc(C(=O)NC2COCC2C)ncc1-c1cc2ncccc2o1. The molecule has 1 N–H and O–H groups in total. The van der Waals surface area contributed by atoms with Crippen molar-refractivity contribution < 1.29 is 18.7 Å². The molecule has 1 fully saturated rings. The molecule has 0 radical (unpaired) electrons. The van der Waals surface area contributed by atoms with Gasteiger partial charge in [0.15, 0.2) is 5.58 Å². The molecule has 134 valence electrons. The summed E-state index contributed by atoms with van der Waals surface area (Å²) >= 11 is 0. The minimum absolute atomic E-state index is 0.00332. The minimum Gasteiger partial charge on any atom is -0.496 e. The van der Waals surface area contributed by atoms with Crippen LogP contribution in [-0.4, -0.2) is 42.2 Å². The summed E-state index contributed by atoms with van der Waals surface area (Å²) in [5.74, 6) is 1.14. The molecule has 4 heterocycles. The van der Waals surface area contributed by atoms with Crippen LogP contribution in [-0.2, 0) is 4.74 Å². The van der Waals surface area contributed by atoms with E-state index >= 15 is 0 Å². The van der Waals surface area contributed by atoms with Crippen LogP contribution >= 0.6 is 0 Å². The average Bonchev–Trinajstić information content (AvgIpc) is 3.27. The Morgan fingerprint density at radius 2 is 2.19 bits per heavy atom. The van der Waals surface area contributed by atoms with Crippen molar-refractivity contribution in [2.75, 3.05) is 20.3 Å². The lowest BCUT2D eigenvalue weighted by Crippen LogP contribution is -2.39. The smallest absolute Gasteiger partial charge is 0.270 e. The number of aromatic nitrogens is 2. The molecule has 2 atom stereocenters. The molecule has 7 heteroatoms. The van der Waals surface area contributed by atoms with Crippen LogP contribution in [0, 0.1) is 5.92 Å². The van der Waals surface area contributed by atoms with Crippen molar-refractivity contribution in [3.63, 3.8) is 0 Å². The first-order chi connectivity index (χ1) is 12.7. The molecule has 0 bridgehead atoms. The Morgan fingerprint density at radius 3 is 2.92 bits per heavy atom. The van der Waals surface area contributed by atoms with E-state index in [9.17, 15) is 4.79 Å². The maximum absolute atomic E-state index is 12.5. The van der Waals surface area contributed by atoms with Crippen LogP contribution in [0.2, 0.25) is 0 Å². The van der Waals surface area contributed by atoms with Gasteiger partial charge in [-0.3, -0.25) is 14.8 Å². The highest BCUT2D eigenvalue weighted by molar-refractivity contribution is 5.93. The topological polar surface area (TPSA) is 86.5 Å². The average molecular weight is 353 g/mol. The highest BCUT2D eigenvalue weighted by Crippen LogP contribution is 2.33. The number of nitrogens with zero attached hydrogens (tertiary/aromatic N) is 2. The van der Waals surface area contributed by atoms with Gasteiger partial charge in [-0.2, -0.15) is 0 Å². The highest BCUT2D eigenvalue weighted by atomic mass is 16.5. The van der Waals surface area contributed by atoms with Crippen LogP contribution in [0.25, 0.3) is 22.4 Å². The van der Waals surface area contributed by atoms with Crippen LogP contribution in [0.4, 0.5) is 0 Å². The maximum Gasteiger partial charge on any atom is 0.270 e. The summed E-state index contributed by atoms with van der Waals surface area (Å²) in [6, 6.07) is 7.10. The Hall–Kier alpha value is -2.93. The predicted molar refractivity (Wildman–Crippen MR) is 95.0 cm³/mol.